The van der Waals surface area contributed by atoms with Gasteiger partial charge in [-0.2, -0.15) is 4.31 Å². The molecule has 0 aliphatic carbocycles. The monoisotopic (exact) mass is 280 g/mol. The van der Waals surface area contributed by atoms with Crippen molar-refractivity contribution in [1.29, 1.82) is 0 Å². The van der Waals surface area contributed by atoms with Gasteiger partial charge in [0.2, 0.25) is 10.0 Å². The minimum absolute atomic E-state index is 0.422. The Morgan fingerprint density at radius 1 is 1.37 bits per heavy atom. The number of nitrogens with one attached hydrogen (secondary N) is 1. The molecular weight excluding hydrogens is 264 g/mol. The largest absolute Gasteiger partial charge is 0.497 e. The molecule has 3 rings (SSSR count). The van der Waals surface area contributed by atoms with E-state index >= 15 is 0 Å². The molecule has 1 N–H and O–H groups in total. The lowest BCUT2D eigenvalue weighted by Gasteiger charge is -2.24. The van der Waals surface area contributed by atoms with Crippen molar-refractivity contribution in [2.75, 3.05) is 19.9 Å². The maximum atomic E-state index is 11.6. The van der Waals surface area contributed by atoms with E-state index in [-0.39, 0.29) is 0 Å². The average molecular weight is 280 g/mol. The molecule has 0 bridgehead atoms. The molecule has 0 saturated heterocycles. The van der Waals surface area contributed by atoms with E-state index in [1.54, 1.807) is 7.11 Å². The van der Waals surface area contributed by atoms with Crippen LogP contribution in [-0.4, -0.2) is 37.6 Å². The van der Waals surface area contributed by atoms with Gasteiger partial charge in [0.25, 0.3) is 0 Å². The van der Waals surface area contributed by atoms with Gasteiger partial charge >= 0.3 is 0 Å². The SMILES string of the molecule is COc1ccc2[nH]c3c(c2c1)CCN(S(C)(=O)=O)C3. The number of rotatable bonds is 2. The van der Waals surface area contributed by atoms with Crippen LogP contribution in [0.2, 0.25) is 0 Å². The van der Waals surface area contributed by atoms with E-state index in [0.717, 1.165) is 28.8 Å². The number of nitrogens with zero attached hydrogens (tertiary/aromatic N) is 1. The summed E-state index contributed by atoms with van der Waals surface area (Å²) in [5, 5.41) is 1.13. The number of H-pyrrole nitrogens is 1. The number of sulfonamides is 1. The van der Waals surface area contributed by atoms with Crippen LogP contribution < -0.4 is 4.74 Å². The number of benzene rings is 1. The molecule has 102 valence electrons. The van der Waals surface area contributed by atoms with Crippen LogP contribution in [0, 0.1) is 0 Å². The topological polar surface area (TPSA) is 62.4 Å². The smallest absolute Gasteiger partial charge is 0.211 e. The van der Waals surface area contributed by atoms with Crippen LogP contribution in [0.5, 0.6) is 5.75 Å². The zero-order valence-corrected chi connectivity index (χ0v) is 11.8. The van der Waals surface area contributed by atoms with Crippen LogP contribution in [0.1, 0.15) is 11.3 Å². The highest BCUT2D eigenvalue weighted by atomic mass is 32.2. The number of hydrogen-bond acceptors (Lipinski definition) is 3. The predicted octanol–water partition coefficient (Wildman–Crippen LogP) is 1.49. The highest BCUT2D eigenvalue weighted by Crippen LogP contribution is 2.30. The van der Waals surface area contributed by atoms with Crippen molar-refractivity contribution in [2.24, 2.45) is 0 Å². The summed E-state index contributed by atoms with van der Waals surface area (Å²) in [5.74, 6) is 0.819. The fourth-order valence-electron chi connectivity index (χ4n) is 2.61. The molecule has 19 heavy (non-hydrogen) atoms. The van der Waals surface area contributed by atoms with Crippen LogP contribution in [0.15, 0.2) is 18.2 Å². The summed E-state index contributed by atoms with van der Waals surface area (Å²) in [4.78, 5) is 3.31. The lowest BCUT2D eigenvalue weighted by atomic mass is 10.0. The molecule has 2 heterocycles. The van der Waals surface area contributed by atoms with Crippen LogP contribution in [-0.2, 0) is 23.0 Å². The molecule has 1 aliphatic rings. The summed E-state index contributed by atoms with van der Waals surface area (Å²) in [6.07, 6.45) is 1.99. The molecule has 0 spiro atoms. The Morgan fingerprint density at radius 2 is 2.16 bits per heavy atom. The number of fused-ring (bicyclic) bond motifs is 3. The summed E-state index contributed by atoms with van der Waals surface area (Å²) in [7, 11) is -1.49. The van der Waals surface area contributed by atoms with Crippen LogP contribution in [0.4, 0.5) is 0 Å². The van der Waals surface area contributed by atoms with Crippen molar-refractivity contribution in [3.63, 3.8) is 0 Å². The van der Waals surface area contributed by atoms with Crippen LogP contribution in [0.3, 0.4) is 0 Å². The normalized spacial score (nSPS) is 16.5. The molecule has 0 atom stereocenters. The van der Waals surface area contributed by atoms with E-state index in [1.807, 2.05) is 18.2 Å². The molecule has 0 saturated carbocycles. The third-order valence-corrected chi connectivity index (χ3v) is 4.87. The second-order valence-electron chi connectivity index (χ2n) is 4.84. The standard InChI is InChI=1S/C13H16N2O3S/c1-18-9-3-4-12-11(7-9)10-5-6-15(19(2,16)17)8-13(10)14-12/h3-4,7,14H,5-6,8H2,1-2H3. The van der Waals surface area contributed by atoms with E-state index in [4.69, 9.17) is 4.74 Å². The second-order valence-corrected chi connectivity index (χ2v) is 6.82. The first kappa shape index (κ1) is 12.5. The van der Waals surface area contributed by atoms with Gasteiger partial charge in [-0.25, -0.2) is 8.42 Å². The Balaban J connectivity index is 2.08. The van der Waals surface area contributed by atoms with Gasteiger partial charge in [0.05, 0.1) is 19.9 Å². The molecule has 1 aromatic carbocycles. The first-order valence-electron chi connectivity index (χ1n) is 6.11. The molecule has 0 fully saturated rings. The number of methoxy groups -OCH3 is 1. The number of aromatic nitrogens is 1. The van der Waals surface area contributed by atoms with Gasteiger partial charge in [0, 0.05) is 23.1 Å². The Morgan fingerprint density at radius 3 is 2.84 bits per heavy atom. The Hall–Kier alpha value is -1.53. The van der Waals surface area contributed by atoms with Crippen molar-refractivity contribution in [3.05, 3.63) is 29.5 Å². The molecule has 0 amide bonds. The van der Waals surface area contributed by atoms with Crippen molar-refractivity contribution < 1.29 is 13.2 Å². The highest BCUT2D eigenvalue weighted by Gasteiger charge is 2.25. The lowest BCUT2D eigenvalue weighted by molar-refractivity contribution is 0.392. The molecule has 2 aromatic rings. The summed E-state index contributed by atoms with van der Waals surface area (Å²) in [5.41, 5.74) is 3.22. The van der Waals surface area contributed by atoms with Crippen LogP contribution >= 0.6 is 0 Å². The van der Waals surface area contributed by atoms with Gasteiger partial charge in [-0.05, 0) is 30.2 Å². The zero-order valence-electron chi connectivity index (χ0n) is 10.9. The second kappa shape index (κ2) is 4.25. The fraction of sp³-hybridized carbons (Fsp3) is 0.385. The quantitative estimate of drug-likeness (QED) is 0.906. The first-order valence-corrected chi connectivity index (χ1v) is 7.96. The first-order chi connectivity index (χ1) is 8.99. The van der Waals surface area contributed by atoms with E-state index in [0.29, 0.717) is 13.1 Å². The molecule has 1 aromatic heterocycles. The number of ether oxygens (including phenoxy) is 1. The van der Waals surface area contributed by atoms with Gasteiger partial charge in [-0.15, -0.1) is 0 Å². The maximum Gasteiger partial charge on any atom is 0.211 e. The van der Waals surface area contributed by atoms with E-state index < -0.39 is 10.0 Å². The van der Waals surface area contributed by atoms with E-state index in [2.05, 4.69) is 4.98 Å². The molecule has 5 nitrogen and oxygen atoms in total. The van der Waals surface area contributed by atoms with Gasteiger partial charge < -0.3 is 9.72 Å². The molecule has 0 unspecified atom stereocenters. The number of hydrogen-bond donors (Lipinski definition) is 1. The van der Waals surface area contributed by atoms with Gasteiger partial charge in [-0.3, -0.25) is 0 Å². The summed E-state index contributed by atoms with van der Waals surface area (Å²) in [6.45, 7) is 0.959. The van der Waals surface area contributed by atoms with Crippen molar-refractivity contribution in [1.82, 2.24) is 9.29 Å². The maximum absolute atomic E-state index is 11.6. The third kappa shape index (κ3) is 2.11. The van der Waals surface area contributed by atoms with Crippen molar-refractivity contribution in [2.45, 2.75) is 13.0 Å². The minimum atomic E-state index is -3.13. The fourth-order valence-corrected chi connectivity index (χ4v) is 3.39. The third-order valence-electron chi connectivity index (χ3n) is 3.62. The predicted molar refractivity (Wildman–Crippen MR) is 73.8 cm³/mol. The summed E-state index contributed by atoms with van der Waals surface area (Å²) in [6, 6.07) is 5.87. The molecule has 6 heteroatoms. The summed E-state index contributed by atoms with van der Waals surface area (Å²) < 4.78 is 29.9. The van der Waals surface area contributed by atoms with Crippen molar-refractivity contribution >= 4 is 20.9 Å². The van der Waals surface area contributed by atoms with Gasteiger partial charge in [0.1, 0.15) is 5.75 Å². The molecule has 0 radical (unpaired) electrons. The Bertz CT molecular complexity index is 734. The van der Waals surface area contributed by atoms with Crippen LogP contribution in [0.25, 0.3) is 10.9 Å². The minimum Gasteiger partial charge on any atom is -0.497 e. The average Bonchev–Trinajstić information content (AvgIpc) is 2.74. The molecule has 1 aliphatic heterocycles. The molecular formula is C13H16N2O3S. The zero-order chi connectivity index (χ0) is 13.6. The summed E-state index contributed by atoms with van der Waals surface area (Å²) >= 11 is 0. The Labute approximate surface area is 112 Å². The number of aromatic amines is 1. The van der Waals surface area contributed by atoms with Crippen molar-refractivity contribution in [3.8, 4) is 5.75 Å². The lowest BCUT2D eigenvalue weighted by Crippen LogP contribution is -2.34. The Kier molecular flexibility index (Phi) is 2.79. The van der Waals surface area contributed by atoms with E-state index in [1.165, 1.54) is 16.1 Å². The van der Waals surface area contributed by atoms with Gasteiger partial charge in [0.15, 0.2) is 0 Å². The van der Waals surface area contributed by atoms with Gasteiger partial charge in [-0.1, -0.05) is 0 Å². The van der Waals surface area contributed by atoms with E-state index in [9.17, 15) is 8.42 Å². The highest BCUT2D eigenvalue weighted by molar-refractivity contribution is 7.88.